The Hall–Kier alpha value is -2.24. The lowest BCUT2D eigenvalue weighted by molar-refractivity contribution is -0.147. The fraction of sp³-hybridized carbons (Fsp3) is 0.526. The van der Waals surface area contributed by atoms with Gasteiger partial charge in [0, 0.05) is 6.54 Å². The number of benzene rings is 1. The minimum absolute atomic E-state index is 0.206. The van der Waals surface area contributed by atoms with Crippen LogP contribution in [0.5, 0.6) is 0 Å². The van der Waals surface area contributed by atoms with Crippen molar-refractivity contribution in [1.29, 1.82) is 0 Å². The molecule has 5 nitrogen and oxygen atoms in total. The van der Waals surface area contributed by atoms with Gasteiger partial charge < -0.3 is 5.32 Å². The Labute approximate surface area is 146 Å². The van der Waals surface area contributed by atoms with Crippen LogP contribution < -0.4 is 5.32 Å². The maximum atomic E-state index is 13.1. The zero-order valence-electron chi connectivity index (χ0n) is 14.3. The van der Waals surface area contributed by atoms with Gasteiger partial charge in [0.15, 0.2) is 0 Å². The highest BCUT2D eigenvalue weighted by molar-refractivity contribution is 6.08. The van der Waals surface area contributed by atoms with E-state index in [-0.39, 0.29) is 35.4 Å². The summed E-state index contributed by atoms with van der Waals surface area (Å²) in [7, 11) is 0. The Morgan fingerprint density at radius 3 is 2.48 bits per heavy atom. The Balaban J connectivity index is 1.57. The average Bonchev–Trinajstić information content (AvgIpc) is 2.86. The summed E-state index contributed by atoms with van der Waals surface area (Å²) >= 11 is 0. The van der Waals surface area contributed by atoms with Crippen molar-refractivity contribution in [2.24, 2.45) is 11.8 Å². The lowest BCUT2D eigenvalue weighted by Crippen LogP contribution is -2.48. The molecule has 1 heterocycles. The fourth-order valence-electron chi connectivity index (χ4n) is 3.86. The number of rotatable bonds is 5. The molecule has 1 N–H and O–H groups in total. The van der Waals surface area contributed by atoms with Crippen molar-refractivity contribution in [3.05, 3.63) is 35.6 Å². The van der Waals surface area contributed by atoms with Crippen molar-refractivity contribution < 1.29 is 18.8 Å². The van der Waals surface area contributed by atoms with Gasteiger partial charge in [0.05, 0.1) is 11.8 Å². The number of nitrogens with zero attached hydrogens (tertiary/aromatic N) is 1. The molecule has 134 valence electrons. The number of amides is 3. The van der Waals surface area contributed by atoms with Crippen LogP contribution in [0.2, 0.25) is 0 Å². The second-order valence-corrected chi connectivity index (χ2v) is 6.89. The number of carbonyl (C=O) groups excluding carboxylic acids is 3. The summed E-state index contributed by atoms with van der Waals surface area (Å²) in [4.78, 5) is 38.5. The summed E-state index contributed by atoms with van der Waals surface area (Å²) in [6, 6.07) is 5.40. The van der Waals surface area contributed by atoms with E-state index >= 15 is 0 Å². The third-order valence-electron chi connectivity index (χ3n) is 5.24. The molecule has 1 saturated carbocycles. The van der Waals surface area contributed by atoms with Crippen LogP contribution in [0.3, 0.4) is 0 Å². The molecular weight excluding hydrogens is 323 g/mol. The summed E-state index contributed by atoms with van der Waals surface area (Å²) in [6.07, 6.45) is 3.88. The molecule has 3 rings (SSSR count). The van der Waals surface area contributed by atoms with E-state index < -0.39 is 6.04 Å². The molecule has 0 spiro atoms. The topological polar surface area (TPSA) is 66.5 Å². The molecule has 25 heavy (non-hydrogen) atoms. The Kier molecular flexibility index (Phi) is 5.16. The van der Waals surface area contributed by atoms with Gasteiger partial charge in [0.1, 0.15) is 11.9 Å². The number of fused-ring (bicyclic) bond motifs is 1. The molecule has 3 atom stereocenters. The van der Waals surface area contributed by atoms with Crippen molar-refractivity contribution in [1.82, 2.24) is 10.2 Å². The van der Waals surface area contributed by atoms with Crippen molar-refractivity contribution >= 4 is 17.7 Å². The molecule has 2 fully saturated rings. The summed E-state index contributed by atoms with van der Waals surface area (Å²) in [5, 5.41) is 2.74. The van der Waals surface area contributed by atoms with Crippen molar-refractivity contribution in [3.63, 3.8) is 0 Å². The highest BCUT2D eigenvalue weighted by Gasteiger charge is 2.50. The first kappa shape index (κ1) is 17.6. The molecule has 0 bridgehead atoms. The van der Waals surface area contributed by atoms with Crippen LogP contribution in [0.1, 0.15) is 38.2 Å². The predicted molar refractivity (Wildman–Crippen MR) is 89.9 cm³/mol. The number of hydrogen-bond donors (Lipinski definition) is 1. The van der Waals surface area contributed by atoms with Crippen molar-refractivity contribution in [3.8, 4) is 0 Å². The van der Waals surface area contributed by atoms with Crippen LogP contribution in [0.15, 0.2) is 24.3 Å². The smallest absolute Gasteiger partial charge is 0.243 e. The molecule has 1 aromatic carbocycles. The van der Waals surface area contributed by atoms with Crippen molar-refractivity contribution in [2.45, 2.75) is 45.1 Å². The zero-order valence-corrected chi connectivity index (χ0v) is 14.3. The lowest BCUT2D eigenvalue weighted by Gasteiger charge is -2.22. The van der Waals surface area contributed by atoms with Crippen LogP contribution in [0.4, 0.5) is 4.39 Å². The third kappa shape index (κ3) is 3.57. The molecule has 3 amide bonds. The Morgan fingerprint density at radius 2 is 1.88 bits per heavy atom. The Bertz CT molecular complexity index is 667. The largest absolute Gasteiger partial charge is 0.354 e. The molecule has 1 aliphatic heterocycles. The van der Waals surface area contributed by atoms with Crippen LogP contribution in [0.25, 0.3) is 0 Å². The van der Waals surface area contributed by atoms with E-state index in [1.807, 2.05) is 0 Å². The summed E-state index contributed by atoms with van der Waals surface area (Å²) in [6.45, 7) is 1.92. The SMILES string of the molecule is C[C@@H](C(=O)NCCc1cccc(F)c1)N1C(=O)[C@H]2CCCC[C@H]2C1=O. The fourth-order valence-corrected chi connectivity index (χ4v) is 3.86. The van der Waals surface area contributed by atoms with Gasteiger partial charge in [-0.25, -0.2) is 4.39 Å². The summed E-state index contributed by atoms with van der Waals surface area (Å²) in [5.41, 5.74) is 0.785. The lowest BCUT2D eigenvalue weighted by atomic mass is 9.81. The molecule has 1 aliphatic carbocycles. The highest BCUT2D eigenvalue weighted by atomic mass is 19.1. The molecule has 1 saturated heterocycles. The van der Waals surface area contributed by atoms with Gasteiger partial charge in [-0.3, -0.25) is 19.3 Å². The van der Waals surface area contributed by atoms with Gasteiger partial charge >= 0.3 is 0 Å². The first-order valence-electron chi connectivity index (χ1n) is 8.88. The first-order chi connectivity index (χ1) is 12.0. The van der Waals surface area contributed by atoms with E-state index in [1.54, 1.807) is 19.1 Å². The number of likely N-dealkylation sites (tertiary alicyclic amines) is 1. The van der Waals surface area contributed by atoms with E-state index in [1.165, 1.54) is 12.1 Å². The molecule has 0 unspecified atom stereocenters. The Morgan fingerprint density at radius 1 is 1.24 bits per heavy atom. The van der Waals surface area contributed by atoms with E-state index in [9.17, 15) is 18.8 Å². The second-order valence-electron chi connectivity index (χ2n) is 6.89. The predicted octanol–water partition coefficient (Wildman–Crippen LogP) is 2.05. The third-order valence-corrected chi connectivity index (χ3v) is 5.24. The normalized spacial score (nSPS) is 24.2. The molecule has 1 aromatic rings. The quantitative estimate of drug-likeness (QED) is 0.830. The number of imide groups is 1. The van der Waals surface area contributed by atoms with Gasteiger partial charge in [-0.05, 0) is 43.9 Å². The van der Waals surface area contributed by atoms with E-state index in [0.717, 1.165) is 36.1 Å². The summed E-state index contributed by atoms with van der Waals surface area (Å²) in [5.74, 6) is -1.57. The summed E-state index contributed by atoms with van der Waals surface area (Å²) < 4.78 is 13.1. The maximum Gasteiger partial charge on any atom is 0.243 e. The van der Waals surface area contributed by atoms with Gasteiger partial charge in [0.25, 0.3) is 0 Å². The van der Waals surface area contributed by atoms with E-state index in [2.05, 4.69) is 5.32 Å². The number of nitrogens with one attached hydrogen (secondary N) is 1. The molecule has 2 aliphatic rings. The first-order valence-corrected chi connectivity index (χ1v) is 8.88. The van der Waals surface area contributed by atoms with Crippen LogP contribution in [-0.2, 0) is 20.8 Å². The maximum absolute atomic E-state index is 13.1. The highest BCUT2D eigenvalue weighted by Crippen LogP contribution is 2.38. The zero-order chi connectivity index (χ0) is 18.0. The van der Waals surface area contributed by atoms with E-state index in [4.69, 9.17) is 0 Å². The average molecular weight is 346 g/mol. The van der Waals surface area contributed by atoms with Crippen molar-refractivity contribution in [2.75, 3.05) is 6.54 Å². The molecular formula is C19H23FN2O3. The van der Waals surface area contributed by atoms with Crippen LogP contribution in [0, 0.1) is 17.7 Å². The molecule has 6 heteroatoms. The van der Waals surface area contributed by atoms with Crippen LogP contribution >= 0.6 is 0 Å². The van der Waals surface area contributed by atoms with Gasteiger partial charge in [0.2, 0.25) is 17.7 Å². The number of carbonyl (C=O) groups is 3. The minimum Gasteiger partial charge on any atom is -0.354 e. The molecule has 0 radical (unpaired) electrons. The standard InChI is InChI=1S/C19H23FN2O3/c1-12(17(23)21-10-9-13-5-4-6-14(20)11-13)22-18(24)15-7-2-3-8-16(15)19(22)25/h4-6,11-12,15-16H,2-3,7-10H2,1H3,(H,21,23)/t12-,15-,16+/m0/s1. The van der Waals surface area contributed by atoms with Crippen LogP contribution in [-0.4, -0.2) is 35.2 Å². The minimum atomic E-state index is -0.807. The number of hydrogen-bond acceptors (Lipinski definition) is 3. The molecule has 0 aromatic heterocycles. The number of halogens is 1. The van der Waals surface area contributed by atoms with Gasteiger partial charge in [-0.15, -0.1) is 0 Å². The van der Waals surface area contributed by atoms with Gasteiger partial charge in [-0.2, -0.15) is 0 Å². The monoisotopic (exact) mass is 346 g/mol. The van der Waals surface area contributed by atoms with Gasteiger partial charge in [-0.1, -0.05) is 25.0 Å². The second kappa shape index (κ2) is 7.33. The van der Waals surface area contributed by atoms with E-state index in [0.29, 0.717) is 13.0 Å².